The van der Waals surface area contributed by atoms with Gasteiger partial charge in [0, 0.05) is 52.1 Å². The van der Waals surface area contributed by atoms with Crippen LogP contribution in [0.4, 0.5) is 23.1 Å². The molecule has 2 aromatic heterocycles. The van der Waals surface area contributed by atoms with Crippen LogP contribution in [0.15, 0.2) is 70.7 Å². The van der Waals surface area contributed by atoms with Crippen LogP contribution in [-0.4, -0.2) is 39.2 Å². The third-order valence-corrected chi connectivity index (χ3v) is 6.35. The van der Waals surface area contributed by atoms with Crippen molar-refractivity contribution in [2.24, 2.45) is 0 Å². The SMILES string of the molecule is Cc1cc(Nc2cc(N3CCC3)nc(Sc3ccc(NC(=O)c4cccc(Cl)c4)cc3)n2)n[nH]1. The van der Waals surface area contributed by atoms with Crippen molar-refractivity contribution in [1.29, 1.82) is 0 Å². The molecule has 1 aliphatic heterocycles. The molecule has 0 radical (unpaired) electrons. The Hall–Kier alpha value is -3.56. The summed E-state index contributed by atoms with van der Waals surface area (Å²) >= 11 is 7.45. The van der Waals surface area contributed by atoms with E-state index in [9.17, 15) is 4.79 Å². The molecule has 5 rings (SSSR count). The van der Waals surface area contributed by atoms with E-state index >= 15 is 0 Å². The summed E-state index contributed by atoms with van der Waals surface area (Å²) in [7, 11) is 0. The third kappa shape index (κ3) is 5.32. The number of amides is 1. The van der Waals surface area contributed by atoms with Gasteiger partial charge in [-0.2, -0.15) is 5.10 Å². The number of anilines is 4. The van der Waals surface area contributed by atoms with Crippen molar-refractivity contribution in [1.82, 2.24) is 20.2 Å². The lowest BCUT2D eigenvalue weighted by Gasteiger charge is -2.32. The van der Waals surface area contributed by atoms with Crippen molar-refractivity contribution in [2.45, 2.75) is 23.4 Å². The minimum atomic E-state index is -0.210. The van der Waals surface area contributed by atoms with Crippen molar-refractivity contribution < 1.29 is 4.79 Å². The van der Waals surface area contributed by atoms with Crippen molar-refractivity contribution in [2.75, 3.05) is 28.6 Å². The summed E-state index contributed by atoms with van der Waals surface area (Å²) in [5, 5.41) is 14.5. The van der Waals surface area contributed by atoms with Gasteiger partial charge in [-0.1, -0.05) is 17.7 Å². The number of aromatic amines is 1. The Morgan fingerprint density at radius 1 is 1.06 bits per heavy atom. The van der Waals surface area contributed by atoms with E-state index in [-0.39, 0.29) is 5.91 Å². The van der Waals surface area contributed by atoms with Crippen LogP contribution >= 0.6 is 23.4 Å². The lowest BCUT2D eigenvalue weighted by Crippen LogP contribution is -2.37. The molecule has 1 amide bonds. The molecule has 2 aromatic carbocycles. The molecule has 1 saturated heterocycles. The molecule has 0 unspecified atom stereocenters. The molecule has 34 heavy (non-hydrogen) atoms. The van der Waals surface area contributed by atoms with Gasteiger partial charge in [-0.05, 0) is 67.6 Å². The highest BCUT2D eigenvalue weighted by Crippen LogP contribution is 2.31. The van der Waals surface area contributed by atoms with Crippen LogP contribution in [0, 0.1) is 6.92 Å². The van der Waals surface area contributed by atoms with Crippen LogP contribution in [0.25, 0.3) is 0 Å². The van der Waals surface area contributed by atoms with Gasteiger partial charge in [-0.3, -0.25) is 9.89 Å². The zero-order chi connectivity index (χ0) is 23.5. The number of nitrogens with zero attached hydrogens (tertiary/aromatic N) is 4. The zero-order valence-electron chi connectivity index (χ0n) is 18.4. The van der Waals surface area contributed by atoms with Gasteiger partial charge in [0.1, 0.15) is 11.6 Å². The Morgan fingerprint density at radius 2 is 1.88 bits per heavy atom. The smallest absolute Gasteiger partial charge is 0.255 e. The fourth-order valence-electron chi connectivity index (χ4n) is 3.39. The molecule has 0 bridgehead atoms. The van der Waals surface area contributed by atoms with Crippen LogP contribution in [0.3, 0.4) is 0 Å². The predicted molar refractivity (Wildman–Crippen MR) is 135 cm³/mol. The normalized spacial score (nSPS) is 12.8. The van der Waals surface area contributed by atoms with Gasteiger partial charge < -0.3 is 15.5 Å². The number of carbonyl (C=O) groups excluding carboxylic acids is 1. The van der Waals surface area contributed by atoms with Gasteiger partial charge in [-0.25, -0.2) is 9.97 Å². The van der Waals surface area contributed by atoms with Crippen LogP contribution in [0.2, 0.25) is 5.02 Å². The maximum atomic E-state index is 12.5. The van der Waals surface area contributed by atoms with Gasteiger partial charge in [-0.15, -0.1) is 0 Å². The fourth-order valence-corrected chi connectivity index (χ4v) is 4.34. The minimum Gasteiger partial charge on any atom is -0.356 e. The number of aryl methyl sites for hydroxylation is 1. The third-order valence-electron chi connectivity index (χ3n) is 5.24. The summed E-state index contributed by atoms with van der Waals surface area (Å²) in [5.41, 5.74) is 2.17. The van der Waals surface area contributed by atoms with E-state index in [0.717, 1.165) is 35.9 Å². The standard InChI is InChI=1S/C24H22ClN7OS/c1-15-12-21(31-30-15)27-20-14-22(32-10-3-11-32)29-24(28-20)34-19-8-6-18(7-9-19)26-23(33)16-4-2-5-17(25)13-16/h2,4-9,12-14H,3,10-11H2,1H3,(H,26,33)(H2,27,28,29,30,31). The average Bonchev–Trinajstić information content (AvgIpc) is 3.18. The maximum Gasteiger partial charge on any atom is 0.255 e. The molecule has 8 nitrogen and oxygen atoms in total. The average molecular weight is 492 g/mol. The Bertz CT molecular complexity index is 1320. The topological polar surface area (TPSA) is 98.8 Å². The van der Waals surface area contributed by atoms with Crippen LogP contribution in [0.5, 0.6) is 0 Å². The minimum absolute atomic E-state index is 0.210. The summed E-state index contributed by atoms with van der Waals surface area (Å²) in [6, 6.07) is 18.3. The maximum absolute atomic E-state index is 12.5. The second kappa shape index (κ2) is 9.74. The van der Waals surface area contributed by atoms with Crippen LogP contribution < -0.4 is 15.5 Å². The number of rotatable bonds is 7. The Morgan fingerprint density at radius 3 is 2.56 bits per heavy atom. The van der Waals surface area contributed by atoms with Gasteiger partial charge in [0.15, 0.2) is 11.0 Å². The Labute approximate surface area is 206 Å². The first-order chi connectivity index (χ1) is 16.5. The lowest BCUT2D eigenvalue weighted by atomic mass is 10.2. The molecule has 4 aromatic rings. The molecule has 0 aliphatic carbocycles. The second-order valence-electron chi connectivity index (χ2n) is 7.89. The molecular weight excluding hydrogens is 470 g/mol. The Kier molecular flexibility index (Phi) is 6.37. The van der Waals surface area contributed by atoms with Gasteiger partial charge >= 0.3 is 0 Å². The number of hydrogen-bond acceptors (Lipinski definition) is 7. The summed E-state index contributed by atoms with van der Waals surface area (Å²) in [5.74, 6) is 2.08. The summed E-state index contributed by atoms with van der Waals surface area (Å²) in [6.07, 6.45) is 1.16. The number of halogens is 1. The summed E-state index contributed by atoms with van der Waals surface area (Å²) < 4.78 is 0. The zero-order valence-corrected chi connectivity index (χ0v) is 20.0. The highest BCUT2D eigenvalue weighted by molar-refractivity contribution is 7.99. The number of carbonyl (C=O) groups is 1. The molecular formula is C24H22ClN7OS. The number of benzene rings is 2. The quantitative estimate of drug-likeness (QED) is 0.293. The number of H-pyrrole nitrogens is 1. The van der Waals surface area contributed by atoms with E-state index in [1.54, 1.807) is 24.3 Å². The van der Waals surface area contributed by atoms with Gasteiger partial charge in [0.2, 0.25) is 0 Å². The number of hydrogen-bond donors (Lipinski definition) is 3. The van der Waals surface area contributed by atoms with E-state index in [4.69, 9.17) is 16.6 Å². The van der Waals surface area contributed by atoms with E-state index in [1.165, 1.54) is 11.8 Å². The highest BCUT2D eigenvalue weighted by atomic mass is 35.5. The monoisotopic (exact) mass is 491 g/mol. The molecule has 10 heteroatoms. The number of nitrogens with one attached hydrogen (secondary N) is 3. The second-order valence-corrected chi connectivity index (χ2v) is 9.36. The van der Waals surface area contributed by atoms with Crippen molar-refractivity contribution in [3.8, 4) is 0 Å². The first-order valence-electron chi connectivity index (χ1n) is 10.8. The highest BCUT2D eigenvalue weighted by Gasteiger charge is 2.18. The van der Waals surface area contributed by atoms with E-state index in [0.29, 0.717) is 33.1 Å². The first kappa shape index (κ1) is 22.2. The molecule has 0 atom stereocenters. The number of aromatic nitrogens is 4. The molecule has 1 fully saturated rings. The van der Waals surface area contributed by atoms with E-state index in [2.05, 4.69) is 30.7 Å². The van der Waals surface area contributed by atoms with Crippen molar-refractivity contribution >= 4 is 52.4 Å². The largest absolute Gasteiger partial charge is 0.356 e. The fraction of sp³-hybridized carbons (Fsp3) is 0.167. The molecule has 3 heterocycles. The summed E-state index contributed by atoms with van der Waals surface area (Å²) in [4.78, 5) is 25.1. The first-order valence-corrected chi connectivity index (χ1v) is 12.0. The van der Waals surface area contributed by atoms with Crippen molar-refractivity contribution in [3.05, 3.63) is 76.9 Å². The van der Waals surface area contributed by atoms with Gasteiger partial charge in [0.25, 0.3) is 5.91 Å². The van der Waals surface area contributed by atoms with E-state index in [1.807, 2.05) is 43.3 Å². The van der Waals surface area contributed by atoms with Crippen LogP contribution in [-0.2, 0) is 0 Å². The van der Waals surface area contributed by atoms with Gasteiger partial charge in [0.05, 0.1) is 0 Å². The van der Waals surface area contributed by atoms with E-state index < -0.39 is 0 Å². The molecule has 0 saturated carbocycles. The van der Waals surface area contributed by atoms with Crippen LogP contribution in [0.1, 0.15) is 22.5 Å². The lowest BCUT2D eigenvalue weighted by molar-refractivity contribution is 0.102. The molecule has 1 aliphatic rings. The summed E-state index contributed by atoms with van der Waals surface area (Å²) in [6.45, 7) is 3.93. The predicted octanol–water partition coefficient (Wildman–Crippen LogP) is 5.52. The molecule has 3 N–H and O–H groups in total. The molecule has 0 spiro atoms. The molecule has 172 valence electrons. The Balaban J connectivity index is 1.31. The van der Waals surface area contributed by atoms with Crippen molar-refractivity contribution in [3.63, 3.8) is 0 Å².